The van der Waals surface area contributed by atoms with Gasteiger partial charge in [-0.2, -0.15) is 0 Å². The van der Waals surface area contributed by atoms with E-state index in [1.807, 2.05) is 0 Å². The van der Waals surface area contributed by atoms with E-state index in [1.54, 1.807) is 0 Å². The van der Waals surface area contributed by atoms with Gasteiger partial charge in [-0.15, -0.1) is 0 Å². The third-order valence-electron chi connectivity index (χ3n) is 4.68. The van der Waals surface area contributed by atoms with E-state index in [9.17, 15) is 0 Å². The summed E-state index contributed by atoms with van der Waals surface area (Å²) in [6.45, 7) is 6.62. The van der Waals surface area contributed by atoms with Crippen molar-refractivity contribution in [2.45, 2.75) is 58.3 Å². The Morgan fingerprint density at radius 2 is 1.88 bits per heavy atom. The van der Waals surface area contributed by atoms with E-state index in [4.69, 9.17) is 4.74 Å². The SMILES string of the molecule is CCCNCC1(CC2CCCC2)CCOCC1. The summed E-state index contributed by atoms with van der Waals surface area (Å²) in [7, 11) is 0. The van der Waals surface area contributed by atoms with E-state index in [1.165, 1.54) is 64.5 Å². The quantitative estimate of drug-likeness (QED) is 0.718. The highest BCUT2D eigenvalue weighted by molar-refractivity contribution is 4.87. The fraction of sp³-hybridized carbons (Fsp3) is 1.00. The lowest BCUT2D eigenvalue weighted by molar-refractivity contribution is 0.00254. The van der Waals surface area contributed by atoms with E-state index in [2.05, 4.69) is 12.2 Å². The molecule has 1 aliphatic carbocycles. The van der Waals surface area contributed by atoms with E-state index in [-0.39, 0.29) is 0 Å². The Morgan fingerprint density at radius 3 is 2.53 bits per heavy atom. The van der Waals surface area contributed by atoms with Crippen LogP contribution in [0.15, 0.2) is 0 Å². The minimum atomic E-state index is 0.558. The zero-order valence-corrected chi connectivity index (χ0v) is 11.5. The average molecular weight is 239 g/mol. The molecule has 17 heavy (non-hydrogen) atoms. The molecule has 0 aromatic rings. The van der Waals surface area contributed by atoms with Crippen molar-refractivity contribution in [1.29, 1.82) is 0 Å². The highest BCUT2D eigenvalue weighted by Gasteiger charge is 2.35. The molecule has 1 N–H and O–H groups in total. The Hall–Kier alpha value is -0.0800. The molecule has 2 heteroatoms. The summed E-state index contributed by atoms with van der Waals surface area (Å²) in [5, 5.41) is 3.66. The van der Waals surface area contributed by atoms with Gasteiger partial charge in [0.2, 0.25) is 0 Å². The molecule has 0 radical (unpaired) electrons. The van der Waals surface area contributed by atoms with Gasteiger partial charge in [-0.3, -0.25) is 0 Å². The van der Waals surface area contributed by atoms with Gasteiger partial charge < -0.3 is 10.1 Å². The summed E-state index contributed by atoms with van der Waals surface area (Å²) >= 11 is 0. The van der Waals surface area contributed by atoms with Gasteiger partial charge in [0.25, 0.3) is 0 Å². The van der Waals surface area contributed by atoms with Gasteiger partial charge in [0, 0.05) is 19.8 Å². The maximum absolute atomic E-state index is 5.57. The fourth-order valence-electron chi connectivity index (χ4n) is 3.61. The predicted octanol–water partition coefficient (Wildman–Crippen LogP) is 3.36. The molecule has 0 spiro atoms. The monoisotopic (exact) mass is 239 g/mol. The molecule has 0 atom stereocenters. The Labute approximate surface area is 107 Å². The molecule has 1 saturated heterocycles. The van der Waals surface area contributed by atoms with Crippen LogP contribution in [0.25, 0.3) is 0 Å². The minimum absolute atomic E-state index is 0.558. The van der Waals surface area contributed by atoms with Crippen molar-refractivity contribution in [3.8, 4) is 0 Å². The van der Waals surface area contributed by atoms with E-state index in [0.29, 0.717) is 5.41 Å². The first kappa shape index (κ1) is 13.4. The zero-order valence-electron chi connectivity index (χ0n) is 11.5. The molecular weight excluding hydrogens is 210 g/mol. The second-order valence-electron chi connectivity index (χ2n) is 6.14. The summed E-state index contributed by atoms with van der Waals surface area (Å²) in [5.74, 6) is 1.01. The van der Waals surface area contributed by atoms with Crippen LogP contribution in [0.1, 0.15) is 58.3 Å². The van der Waals surface area contributed by atoms with Gasteiger partial charge >= 0.3 is 0 Å². The van der Waals surface area contributed by atoms with Crippen LogP contribution in [-0.4, -0.2) is 26.3 Å². The van der Waals surface area contributed by atoms with Crippen molar-refractivity contribution in [2.24, 2.45) is 11.3 Å². The van der Waals surface area contributed by atoms with Crippen LogP contribution in [0, 0.1) is 11.3 Å². The lowest BCUT2D eigenvalue weighted by Crippen LogP contribution is -2.40. The van der Waals surface area contributed by atoms with Crippen LogP contribution >= 0.6 is 0 Å². The molecule has 0 bridgehead atoms. The van der Waals surface area contributed by atoms with Crippen LogP contribution in [0.5, 0.6) is 0 Å². The van der Waals surface area contributed by atoms with Gasteiger partial charge in [-0.25, -0.2) is 0 Å². The predicted molar refractivity (Wildman–Crippen MR) is 72.2 cm³/mol. The Bertz CT molecular complexity index is 205. The van der Waals surface area contributed by atoms with E-state index in [0.717, 1.165) is 19.1 Å². The summed E-state index contributed by atoms with van der Waals surface area (Å²) < 4.78 is 5.57. The molecule has 2 rings (SSSR count). The molecule has 1 heterocycles. The maximum atomic E-state index is 5.57. The van der Waals surface area contributed by atoms with Crippen molar-refractivity contribution in [3.63, 3.8) is 0 Å². The van der Waals surface area contributed by atoms with Crippen LogP contribution in [-0.2, 0) is 4.74 Å². The molecule has 0 unspecified atom stereocenters. The normalized spacial score (nSPS) is 25.2. The Balaban J connectivity index is 1.85. The van der Waals surface area contributed by atoms with Crippen molar-refractivity contribution >= 4 is 0 Å². The standard InChI is InChI=1S/C15H29NO/c1-2-9-16-13-15(7-10-17-11-8-15)12-14-5-3-4-6-14/h14,16H,2-13H2,1H3. The average Bonchev–Trinajstić information content (AvgIpc) is 2.83. The zero-order chi connectivity index (χ0) is 12.0. The van der Waals surface area contributed by atoms with Crippen molar-refractivity contribution < 1.29 is 4.74 Å². The third-order valence-corrected chi connectivity index (χ3v) is 4.68. The number of nitrogens with one attached hydrogen (secondary N) is 1. The van der Waals surface area contributed by atoms with Crippen molar-refractivity contribution in [1.82, 2.24) is 5.32 Å². The highest BCUT2D eigenvalue weighted by Crippen LogP contribution is 2.41. The van der Waals surface area contributed by atoms with E-state index >= 15 is 0 Å². The first-order chi connectivity index (χ1) is 8.35. The molecule has 2 fully saturated rings. The van der Waals surface area contributed by atoms with Gasteiger partial charge in [-0.05, 0) is 43.6 Å². The summed E-state index contributed by atoms with van der Waals surface area (Å²) in [4.78, 5) is 0. The maximum Gasteiger partial charge on any atom is 0.0471 e. The van der Waals surface area contributed by atoms with Crippen LogP contribution in [0.3, 0.4) is 0 Å². The molecule has 100 valence electrons. The molecule has 0 aromatic heterocycles. The fourth-order valence-corrected chi connectivity index (χ4v) is 3.61. The Kier molecular flexibility index (Phi) is 5.30. The number of rotatable bonds is 6. The molecule has 0 amide bonds. The second kappa shape index (κ2) is 6.75. The third kappa shape index (κ3) is 3.96. The molecule has 2 aliphatic rings. The number of hydrogen-bond acceptors (Lipinski definition) is 2. The number of hydrogen-bond donors (Lipinski definition) is 1. The summed E-state index contributed by atoms with van der Waals surface area (Å²) in [6, 6.07) is 0. The highest BCUT2D eigenvalue weighted by atomic mass is 16.5. The largest absolute Gasteiger partial charge is 0.381 e. The number of ether oxygens (including phenoxy) is 1. The van der Waals surface area contributed by atoms with Crippen molar-refractivity contribution in [3.05, 3.63) is 0 Å². The lowest BCUT2D eigenvalue weighted by Gasteiger charge is -2.39. The molecular formula is C15H29NO. The first-order valence-electron chi connectivity index (χ1n) is 7.63. The van der Waals surface area contributed by atoms with E-state index < -0.39 is 0 Å². The van der Waals surface area contributed by atoms with Gasteiger partial charge in [-0.1, -0.05) is 32.6 Å². The first-order valence-corrected chi connectivity index (χ1v) is 7.63. The molecule has 1 aliphatic heterocycles. The van der Waals surface area contributed by atoms with Gasteiger partial charge in [0.15, 0.2) is 0 Å². The summed E-state index contributed by atoms with van der Waals surface area (Å²) in [5.41, 5.74) is 0.558. The smallest absolute Gasteiger partial charge is 0.0471 e. The van der Waals surface area contributed by atoms with Crippen molar-refractivity contribution in [2.75, 3.05) is 26.3 Å². The van der Waals surface area contributed by atoms with Crippen LogP contribution in [0.2, 0.25) is 0 Å². The Morgan fingerprint density at radius 1 is 1.18 bits per heavy atom. The molecule has 0 aromatic carbocycles. The van der Waals surface area contributed by atoms with Crippen LogP contribution in [0.4, 0.5) is 0 Å². The topological polar surface area (TPSA) is 21.3 Å². The molecule has 1 saturated carbocycles. The minimum Gasteiger partial charge on any atom is -0.381 e. The molecule has 2 nitrogen and oxygen atoms in total. The van der Waals surface area contributed by atoms with Gasteiger partial charge in [0.05, 0.1) is 0 Å². The second-order valence-corrected chi connectivity index (χ2v) is 6.14. The van der Waals surface area contributed by atoms with Gasteiger partial charge in [0.1, 0.15) is 0 Å². The summed E-state index contributed by atoms with van der Waals surface area (Å²) in [6.07, 6.45) is 11.2. The lowest BCUT2D eigenvalue weighted by atomic mass is 9.73. The van der Waals surface area contributed by atoms with Crippen LogP contribution < -0.4 is 5.32 Å².